The largest absolute Gasteiger partial charge is 0.489 e. The zero-order valence-corrected chi connectivity index (χ0v) is 21.5. The maximum Gasteiger partial charge on any atom is 0.407 e. The minimum atomic E-state index is -0.616. The topological polar surface area (TPSA) is 168 Å². The van der Waals surface area contributed by atoms with Gasteiger partial charge < -0.3 is 25.1 Å². The van der Waals surface area contributed by atoms with Crippen molar-refractivity contribution >= 4 is 34.9 Å². The highest BCUT2D eigenvalue weighted by molar-refractivity contribution is 6.04. The smallest absolute Gasteiger partial charge is 0.407 e. The Morgan fingerprint density at radius 1 is 1.23 bits per heavy atom. The van der Waals surface area contributed by atoms with Gasteiger partial charge in [0.15, 0.2) is 0 Å². The summed E-state index contributed by atoms with van der Waals surface area (Å²) >= 11 is 0. The number of primary amides is 1. The highest BCUT2D eigenvalue weighted by Gasteiger charge is 2.29. The first-order chi connectivity index (χ1) is 18.8. The van der Waals surface area contributed by atoms with Gasteiger partial charge >= 0.3 is 6.09 Å². The number of hydrogen-bond donors (Lipinski definition) is 3. The zero-order chi connectivity index (χ0) is 27.5. The highest BCUT2D eigenvalue weighted by atomic mass is 16.5. The number of amides is 3. The fourth-order valence-corrected chi connectivity index (χ4v) is 4.51. The number of nitrogens with two attached hydrogens (primary N) is 1. The second kappa shape index (κ2) is 10.8. The van der Waals surface area contributed by atoms with Crippen LogP contribution in [-0.2, 0) is 17.9 Å². The summed E-state index contributed by atoms with van der Waals surface area (Å²) in [5, 5.41) is 9.97. The van der Waals surface area contributed by atoms with E-state index in [9.17, 15) is 14.4 Å². The van der Waals surface area contributed by atoms with Crippen molar-refractivity contribution in [3.63, 3.8) is 0 Å². The third-order valence-electron chi connectivity index (χ3n) is 6.31. The summed E-state index contributed by atoms with van der Waals surface area (Å²) in [6, 6.07) is 9.91. The zero-order valence-electron chi connectivity index (χ0n) is 21.5. The maximum atomic E-state index is 13.2. The Bertz CT molecular complexity index is 1540. The van der Waals surface area contributed by atoms with Gasteiger partial charge in [0.2, 0.25) is 11.9 Å². The molecule has 13 nitrogen and oxygen atoms in total. The molecule has 4 N–H and O–H groups in total. The maximum absolute atomic E-state index is 13.2. The van der Waals surface area contributed by atoms with Crippen LogP contribution in [0.15, 0.2) is 42.6 Å². The number of hydrogen-bond acceptors (Lipinski definition) is 8. The average molecular weight is 533 g/mol. The van der Waals surface area contributed by atoms with Gasteiger partial charge in [-0.3, -0.25) is 24.6 Å². The molecule has 1 aliphatic heterocycles. The van der Waals surface area contributed by atoms with Gasteiger partial charge in [-0.1, -0.05) is 6.07 Å². The van der Waals surface area contributed by atoms with Crippen molar-refractivity contribution in [1.82, 2.24) is 29.6 Å². The minimum Gasteiger partial charge on any atom is -0.489 e. The molecule has 0 bridgehead atoms. The normalized spacial score (nSPS) is 14.1. The van der Waals surface area contributed by atoms with Crippen LogP contribution >= 0.6 is 0 Å². The van der Waals surface area contributed by atoms with Crippen LogP contribution in [0.25, 0.3) is 11.0 Å². The highest BCUT2D eigenvalue weighted by Crippen LogP contribution is 2.38. The van der Waals surface area contributed by atoms with Gasteiger partial charge in [-0.25, -0.2) is 9.78 Å². The first kappa shape index (κ1) is 25.7. The summed E-state index contributed by atoms with van der Waals surface area (Å²) in [5.74, 6) is -0.273. The van der Waals surface area contributed by atoms with Crippen molar-refractivity contribution in [1.29, 1.82) is 0 Å². The molecule has 0 fully saturated rings. The standard InChI is InChI=1S/C26H28N8O5/c1-3-33-20(10-15(2)32-33)24(36)31-25-30-19-11-16(23(27)35)12-21-22(19)34(25)18(14-38-21)7-9-29-26(37)39-13-17-6-4-5-8-28-17/h4-6,8,10-12,18H,3,7,9,13-14H2,1-2H3,(H2,27,35)(H,29,37)(H,30,31,36)/t18-/m0/s1. The number of aryl methyl sites for hydroxylation is 2. The van der Waals surface area contributed by atoms with Crippen molar-refractivity contribution < 1.29 is 23.9 Å². The van der Waals surface area contributed by atoms with Crippen LogP contribution in [0.2, 0.25) is 0 Å². The average Bonchev–Trinajstić information content (AvgIpc) is 3.50. The Hall–Kier alpha value is -4.94. The van der Waals surface area contributed by atoms with E-state index in [1.165, 1.54) is 0 Å². The molecule has 1 aromatic carbocycles. The van der Waals surface area contributed by atoms with Crippen LogP contribution in [0.3, 0.4) is 0 Å². The number of rotatable bonds is 9. The summed E-state index contributed by atoms with van der Waals surface area (Å²) < 4.78 is 14.7. The number of anilines is 1. The fourth-order valence-electron chi connectivity index (χ4n) is 4.51. The van der Waals surface area contributed by atoms with Crippen LogP contribution < -0.4 is 21.1 Å². The lowest BCUT2D eigenvalue weighted by atomic mass is 10.1. The molecule has 0 radical (unpaired) electrons. The van der Waals surface area contributed by atoms with Crippen LogP contribution in [0.4, 0.5) is 10.7 Å². The quantitative estimate of drug-likeness (QED) is 0.295. The van der Waals surface area contributed by atoms with E-state index in [1.807, 2.05) is 24.5 Å². The number of alkyl carbamates (subject to hydrolysis) is 1. The molecule has 13 heteroatoms. The number of carbonyl (C=O) groups is 3. The van der Waals surface area contributed by atoms with Gasteiger partial charge in [0.25, 0.3) is 5.91 Å². The van der Waals surface area contributed by atoms with Crippen LogP contribution in [0.1, 0.15) is 51.6 Å². The summed E-state index contributed by atoms with van der Waals surface area (Å²) in [6.07, 6.45) is 1.51. The fraction of sp³-hybridized carbons (Fsp3) is 0.308. The van der Waals surface area contributed by atoms with Crippen molar-refractivity contribution in [2.24, 2.45) is 5.73 Å². The second-order valence-corrected chi connectivity index (χ2v) is 9.03. The Morgan fingerprint density at radius 2 is 2.08 bits per heavy atom. The molecule has 4 aromatic rings. The third-order valence-corrected chi connectivity index (χ3v) is 6.31. The van der Waals surface area contributed by atoms with Gasteiger partial charge in [0.1, 0.15) is 30.2 Å². The van der Waals surface area contributed by atoms with Crippen molar-refractivity contribution in [2.45, 2.75) is 39.5 Å². The van der Waals surface area contributed by atoms with Crippen molar-refractivity contribution in [3.05, 3.63) is 65.2 Å². The first-order valence-corrected chi connectivity index (χ1v) is 12.5. The van der Waals surface area contributed by atoms with E-state index >= 15 is 0 Å². The van der Waals surface area contributed by atoms with E-state index in [0.717, 1.165) is 5.69 Å². The Morgan fingerprint density at radius 3 is 2.82 bits per heavy atom. The molecule has 1 aliphatic rings. The van der Waals surface area contributed by atoms with Crippen LogP contribution in [-0.4, -0.2) is 55.4 Å². The van der Waals surface area contributed by atoms with Gasteiger partial charge in [-0.2, -0.15) is 5.10 Å². The van der Waals surface area contributed by atoms with Gasteiger partial charge in [-0.05, 0) is 50.6 Å². The second-order valence-electron chi connectivity index (χ2n) is 9.03. The predicted octanol–water partition coefficient (Wildman–Crippen LogP) is 2.56. The van der Waals surface area contributed by atoms with Crippen molar-refractivity contribution in [3.8, 4) is 5.75 Å². The van der Waals surface area contributed by atoms with E-state index in [2.05, 4.69) is 25.7 Å². The Labute approximate surface area is 223 Å². The number of nitrogens with one attached hydrogen (secondary N) is 2. The number of aromatic nitrogens is 5. The molecule has 202 valence electrons. The molecule has 0 saturated carbocycles. The van der Waals surface area contributed by atoms with Gasteiger partial charge in [0, 0.05) is 24.8 Å². The van der Waals surface area contributed by atoms with E-state index in [0.29, 0.717) is 41.1 Å². The SMILES string of the molecule is CCn1nc(C)cc1C(=O)Nc1nc2cc(C(N)=O)cc3c2n1[C@@H](CCNC(=O)OCc1ccccn1)CO3. The lowest BCUT2D eigenvalue weighted by Gasteiger charge is -2.27. The molecule has 3 aromatic heterocycles. The summed E-state index contributed by atoms with van der Waals surface area (Å²) in [5.41, 5.74) is 8.57. The number of benzene rings is 1. The molecule has 0 saturated heterocycles. The number of nitrogens with zero attached hydrogens (tertiary/aromatic N) is 5. The number of pyridine rings is 1. The Balaban J connectivity index is 1.36. The lowest BCUT2D eigenvalue weighted by molar-refractivity contribution is 0.0995. The number of imidazole rings is 1. The molecular formula is C26H28N8O5. The van der Waals surface area contributed by atoms with Gasteiger partial charge in [-0.15, -0.1) is 0 Å². The monoisotopic (exact) mass is 532 g/mol. The molecule has 5 rings (SSSR count). The first-order valence-electron chi connectivity index (χ1n) is 12.5. The molecule has 3 amide bonds. The van der Waals surface area contributed by atoms with Crippen LogP contribution in [0.5, 0.6) is 5.75 Å². The van der Waals surface area contributed by atoms with Gasteiger partial charge in [0.05, 0.1) is 22.9 Å². The molecule has 4 heterocycles. The van der Waals surface area contributed by atoms with Crippen LogP contribution in [0, 0.1) is 6.92 Å². The summed E-state index contributed by atoms with van der Waals surface area (Å²) in [4.78, 5) is 46.0. The molecule has 0 unspecified atom stereocenters. The van der Waals surface area contributed by atoms with E-state index in [-0.39, 0.29) is 43.2 Å². The number of ether oxygens (including phenoxy) is 2. The van der Waals surface area contributed by atoms with Crippen molar-refractivity contribution in [2.75, 3.05) is 18.5 Å². The number of carbonyl (C=O) groups excluding carboxylic acids is 3. The predicted molar refractivity (Wildman–Crippen MR) is 140 cm³/mol. The van der Waals surface area contributed by atoms with E-state index < -0.39 is 12.0 Å². The van der Waals surface area contributed by atoms with E-state index in [4.69, 9.17) is 15.2 Å². The third kappa shape index (κ3) is 5.37. The molecule has 0 spiro atoms. The molecule has 0 aliphatic carbocycles. The molecular weight excluding hydrogens is 504 g/mol. The molecule has 39 heavy (non-hydrogen) atoms. The minimum absolute atomic E-state index is 0.0565. The molecule has 1 atom stereocenters. The Kier molecular flexibility index (Phi) is 7.12. The lowest BCUT2D eigenvalue weighted by Crippen LogP contribution is -2.31. The van der Waals surface area contributed by atoms with E-state index in [1.54, 1.807) is 41.2 Å². The summed E-state index contributed by atoms with van der Waals surface area (Å²) in [7, 11) is 0. The summed E-state index contributed by atoms with van der Waals surface area (Å²) in [6.45, 7) is 4.80.